The summed E-state index contributed by atoms with van der Waals surface area (Å²) in [6.45, 7) is 2.87. The van der Waals surface area contributed by atoms with E-state index in [-0.39, 0.29) is 0 Å². The quantitative estimate of drug-likeness (QED) is 0.453. The Kier molecular flexibility index (Phi) is 5.71. The molecule has 4 aromatic rings. The van der Waals surface area contributed by atoms with E-state index in [4.69, 9.17) is 25.8 Å². The van der Waals surface area contributed by atoms with E-state index in [1.54, 1.807) is 7.11 Å². The molecule has 0 unspecified atom stereocenters. The molecule has 0 radical (unpaired) electrons. The molecule has 0 bridgehead atoms. The molecule has 166 valence electrons. The number of imidazole rings is 1. The Labute approximate surface area is 190 Å². The van der Waals surface area contributed by atoms with Crippen LogP contribution in [0.2, 0.25) is 5.28 Å². The van der Waals surface area contributed by atoms with Crippen LogP contribution >= 0.6 is 11.6 Å². The number of aromatic nitrogens is 4. The highest BCUT2D eigenvalue weighted by Crippen LogP contribution is 2.37. The van der Waals surface area contributed by atoms with Gasteiger partial charge in [0.2, 0.25) is 11.2 Å². The second-order valence-corrected chi connectivity index (χ2v) is 8.42. The fourth-order valence-corrected chi connectivity index (χ4v) is 4.16. The zero-order valence-electron chi connectivity index (χ0n) is 18.0. The van der Waals surface area contributed by atoms with Gasteiger partial charge in [-0.15, -0.1) is 0 Å². The Balaban J connectivity index is 1.40. The number of fused-ring (bicyclic) bond motifs is 2. The predicted molar refractivity (Wildman–Crippen MR) is 123 cm³/mol. The van der Waals surface area contributed by atoms with Gasteiger partial charge in [-0.3, -0.25) is 0 Å². The van der Waals surface area contributed by atoms with Crippen molar-refractivity contribution >= 4 is 33.5 Å². The minimum Gasteiger partial charge on any atom is -0.493 e. The van der Waals surface area contributed by atoms with Crippen molar-refractivity contribution < 1.29 is 14.2 Å². The van der Waals surface area contributed by atoms with Gasteiger partial charge in [0.1, 0.15) is 12.1 Å². The summed E-state index contributed by atoms with van der Waals surface area (Å²) in [5.41, 5.74) is 2.27. The maximum atomic E-state index is 6.15. The van der Waals surface area contributed by atoms with E-state index >= 15 is 0 Å². The van der Waals surface area contributed by atoms with Crippen LogP contribution in [0.25, 0.3) is 21.9 Å². The largest absolute Gasteiger partial charge is 0.493 e. The van der Waals surface area contributed by atoms with E-state index in [0.29, 0.717) is 40.9 Å². The van der Waals surface area contributed by atoms with Crippen molar-refractivity contribution in [1.82, 2.24) is 24.8 Å². The third-order valence-corrected chi connectivity index (χ3v) is 6.01. The zero-order valence-corrected chi connectivity index (χ0v) is 18.7. The summed E-state index contributed by atoms with van der Waals surface area (Å²) in [5, 5.41) is 1.07. The summed E-state index contributed by atoms with van der Waals surface area (Å²) in [6, 6.07) is 9.24. The van der Waals surface area contributed by atoms with Gasteiger partial charge >= 0.3 is 0 Å². The lowest BCUT2D eigenvalue weighted by Crippen LogP contribution is -2.32. The molecule has 1 saturated heterocycles. The number of hydrogen-bond donors (Lipinski definition) is 1. The highest BCUT2D eigenvalue weighted by Gasteiger charge is 2.19. The van der Waals surface area contributed by atoms with Gasteiger partial charge in [0.05, 0.1) is 35.7 Å². The molecule has 0 spiro atoms. The van der Waals surface area contributed by atoms with Crippen molar-refractivity contribution in [3.8, 4) is 23.1 Å². The maximum Gasteiger partial charge on any atom is 0.230 e. The Morgan fingerprint density at radius 2 is 1.94 bits per heavy atom. The van der Waals surface area contributed by atoms with Crippen LogP contribution in [0.15, 0.2) is 36.7 Å². The summed E-state index contributed by atoms with van der Waals surface area (Å²) in [5.74, 6) is 2.89. The summed E-state index contributed by atoms with van der Waals surface area (Å²) in [6.07, 6.45) is 3.76. The minimum absolute atomic E-state index is 0.335. The number of methoxy groups -OCH3 is 1. The standard InChI is InChI=1S/C23H24ClN5O3/c1-29-7-5-14(6-8-29)12-31-21-11-18-16(10-20(21)30-2)22(26-13-25-18)32-15-3-4-17-19(9-15)28-23(24)27-17/h3-4,9-11,13-14H,5-8,12H2,1-2H3,(H,27,28). The number of halogens is 1. The van der Waals surface area contributed by atoms with E-state index in [0.717, 1.165) is 47.9 Å². The molecule has 0 amide bonds. The van der Waals surface area contributed by atoms with Crippen molar-refractivity contribution in [2.45, 2.75) is 12.8 Å². The minimum atomic E-state index is 0.335. The van der Waals surface area contributed by atoms with Crippen molar-refractivity contribution in [1.29, 1.82) is 0 Å². The third-order valence-electron chi connectivity index (χ3n) is 5.84. The van der Waals surface area contributed by atoms with Crippen LogP contribution in [0.4, 0.5) is 0 Å². The first kappa shape index (κ1) is 20.8. The normalized spacial score (nSPS) is 15.3. The fraction of sp³-hybridized carbons (Fsp3) is 0.348. The molecule has 1 aliphatic rings. The SMILES string of the molecule is COc1cc2c(Oc3ccc4nc(Cl)[nH]c4c3)ncnc2cc1OCC1CCN(C)CC1. The molecule has 2 aromatic carbocycles. The molecule has 2 aromatic heterocycles. The van der Waals surface area contributed by atoms with Crippen LogP contribution in [-0.2, 0) is 0 Å². The Bertz CT molecular complexity index is 1250. The fourth-order valence-electron chi connectivity index (χ4n) is 3.96. The molecule has 3 heterocycles. The molecule has 32 heavy (non-hydrogen) atoms. The Morgan fingerprint density at radius 3 is 2.75 bits per heavy atom. The molecule has 5 rings (SSSR count). The molecule has 9 heteroatoms. The van der Waals surface area contributed by atoms with Gasteiger partial charge in [0, 0.05) is 12.1 Å². The Morgan fingerprint density at radius 1 is 1.09 bits per heavy atom. The topological polar surface area (TPSA) is 85.4 Å². The lowest BCUT2D eigenvalue weighted by molar-refractivity contribution is 0.157. The highest BCUT2D eigenvalue weighted by molar-refractivity contribution is 6.29. The summed E-state index contributed by atoms with van der Waals surface area (Å²) in [7, 11) is 3.79. The van der Waals surface area contributed by atoms with Crippen LogP contribution in [0.1, 0.15) is 12.8 Å². The number of nitrogens with zero attached hydrogens (tertiary/aromatic N) is 4. The van der Waals surface area contributed by atoms with E-state index in [2.05, 4.69) is 31.9 Å². The van der Waals surface area contributed by atoms with Crippen molar-refractivity contribution in [2.75, 3.05) is 33.9 Å². The molecule has 1 aliphatic heterocycles. The maximum absolute atomic E-state index is 6.15. The molecule has 0 aliphatic carbocycles. The second-order valence-electron chi connectivity index (χ2n) is 8.07. The number of rotatable bonds is 6. The first-order valence-corrected chi connectivity index (χ1v) is 10.9. The molecule has 1 fully saturated rings. The predicted octanol–water partition coefficient (Wildman–Crippen LogP) is 4.68. The van der Waals surface area contributed by atoms with Crippen molar-refractivity contribution in [3.63, 3.8) is 0 Å². The van der Waals surface area contributed by atoms with E-state index < -0.39 is 0 Å². The van der Waals surface area contributed by atoms with Gasteiger partial charge < -0.3 is 24.1 Å². The average Bonchev–Trinajstić information content (AvgIpc) is 3.17. The first-order chi connectivity index (χ1) is 15.6. The summed E-state index contributed by atoms with van der Waals surface area (Å²) in [4.78, 5) is 18.3. The van der Waals surface area contributed by atoms with E-state index in [9.17, 15) is 0 Å². The number of aromatic amines is 1. The number of nitrogens with one attached hydrogen (secondary N) is 1. The van der Waals surface area contributed by atoms with Crippen LogP contribution in [0.5, 0.6) is 23.1 Å². The molecule has 0 atom stereocenters. The molecular formula is C23H24ClN5O3. The number of likely N-dealkylation sites (tertiary alicyclic amines) is 1. The number of H-pyrrole nitrogens is 1. The number of hydrogen-bond acceptors (Lipinski definition) is 7. The zero-order chi connectivity index (χ0) is 22.1. The van der Waals surface area contributed by atoms with Crippen LogP contribution in [-0.4, -0.2) is 58.7 Å². The highest BCUT2D eigenvalue weighted by atomic mass is 35.5. The van der Waals surface area contributed by atoms with Gasteiger partial charge in [0.25, 0.3) is 0 Å². The van der Waals surface area contributed by atoms with Crippen LogP contribution in [0.3, 0.4) is 0 Å². The van der Waals surface area contributed by atoms with E-state index in [1.165, 1.54) is 6.33 Å². The lowest BCUT2D eigenvalue weighted by Gasteiger charge is -2.28. The van der Waals surface area contributed by atoms with Crippen molar-refractivity contribution in [2.24, 2.45) is 5.92 Å². The third kappa shape index (κ3) is 4.28. The lowest BCUT2D eigenvalue weighted by atomic mass is 9.98. The van der Waals surface area contributed by atoms with Gasteiger partial charge in [-0.2, -0.15) is 0 Å². The van der Waals surface area contributed by atoms with Gasteiger partial charge in [0.15, 0.2) is 11.5 Å². The smallest absolute Gasteiger partial charge is 0.230 e. The molecule has 0 saturated carbocycles. The van der Waals surface area contributed by atoms with Crippen LogP contribution in [0, 0.1) is 5.92 Å². The number of piperidine rings is 1. The van der Waals surface area contributed by atoms with E-state index in [1.807, 2.05) is 30.3 Å². The number of ether oxygens (including phenoxy) is 3. The van der Waals surface area contributed by atoms with Crippen LogP contribution < -0.4 is 14.2 Å². The molecule has 1 N–H and O–H groups in total. The van der Waals surface area contributed by atoms with Gasteiger partial charge in [-0.05, 0) is 68.7 Å². The Hall–Kier alpha value is -3.10. The second kappa shape index (κ2) is 8.80. The summed E-state index contributed by atoms with van der Waals surface area (Å²) >= 11 is 5.95. The van der Waals surface area contributed by atoms with Gasteiger partial charge in [-0.1, -0.05) is 0 Å². The monoisotopic (exact) mass is 453 g/mol. The molecule has 8 nitrogen and oxygen atoms in total. The van der Waals surface area contributed by atoms with Crippen molar-refractivity contribution in [3.05, 3.63) is 41.9 Å². The average molecular weight is 454 g/mol. The van der Waals surface area contributed by atoms with Gasteiger partial charge in [-0.25, -0.2) is 15.0 Å². The molecular weight excluding hydrogens is 430 g/mol. The summed E-state index contributed by atoms with van der Waals surface area (Å²) < 4.78 is 17.8. The number of benzene rings is 2. The first-order valence-electron chi connectivity index (χ1n) is 10.6.